The highest BCUT2D eigenvalue weighted by Gasteiger charge is 2.31. The van der Waals surface area contributed by atoms with Gasteiger partial charge in [-0.05, 0) is 18.6 Å². The lowest BCUT2D eigenvalue weighted by Gasteiger charge is -2.24. The van der Waals surface area contributed by atoms with E-state index in [1.165, 1.54) is 30.6 Å². The SMILES string of the molecule is CN(c1cc(C(=O)Nc2ccccc2F)ncn1)C1CCS(=O)(=O)C1. The van der Waals surface area contributed by atoms with Crippen LogP contribution in [0.4, 0.5) is 15.9 Å². The van der Waals surface area contributed by atoms with E-state index in [2.05, 4.69) is 15.3 Å². The molecule has 132 valence electrons. The Morgan fingerprint density at radius 3 is 2.76 bits per heavy atom. The van der Waals surface area contributed by atoms with Gasteiger partial charge >= 0.3 is 0 Å². The smallest absolute Gasteiger partial charge is 0.274 e. The first-order valence-electron chi connectivity index (χ1n) is 7.67. The third-order valence-electron chi connectivity index (χ3n) is 4.12. The number of nitrogens with one attached hydrogen (secondary N) is 1. The molecule has 1 aliphatic rings. The Bertz CT molecular complexity index is 904. The van der Waals surface area contributed by atoms with Crippen LogP contribution in [0, 0.1) is 5.82 Å². The summed E-state index contributed by atoms with van der Waals surface area (Å²) in [5.41, 5.74) is 0.129. The van der Waals surface area contributed by atoms with Gasteiger partial charge in [0.2, 0.25) is 0 Å². The van der Waals surface area contributed by atoms with Crippen LogP contribution in [0.5, 0.6) is 0 Å². The molecule has 0 bridgehead atoms. The number of carbonyl (C=O) groups is 1. The highest BCUT2D eigenvalue weighted by molar-refractivity contribution is 7.91. The number of para-hydroxylation sites is 1. The van der Waals surface area contributed by atoms with Gasteiger partial charge in [0.05, 0.1) is 17.2 Å². The first kappa shape index (κ1) is 17.3. The second-order valence-corrected chi connectivity index (χ2v) is 8.09. The molecule has 0 spiro atoms. The summed E-state index contributed by atoms with van der Waals surface area (Å²) in [6.45, 7) is 0. The van der Waals surface area contributed by atoms with Crippen LogP contribution in [0.3, 0.4) is 0 Å². The number of sulfone groups is 1. The second kappa shape index (κ2) is 6.75. The molecule has 1 N–H and O–H groups in total. The molecule has 2 aromatic rings. The zero-order valence-corrected chi connectivity index (χ0v) is 14.3. The zero-order valence-electron chi connectivity index (χ0n) is 13.5. The molecule has 1 fully saturated rings. The molecule has 1 amide bonds. The van der Waals surface area contributed by atoms with Crippen molar-refractivity contribution in [1.29, 1.82) is 0 Å². The lowest BCUT2D eigenvalue weighted by molar-refractivity contribution is 0.102. The molecule has 0 radical (unpaired) electrons. The number of anilines is 2. The minimum absolute atomic E-state index is 0.0582. The van der Waals surface area contributed by atoms with E-state index in [9.17, 15) is 17.6 Å². The third kappa shape index (κ3) is 3.93. The second-order valence-electron chi connectivity index (χ2n) is 5.86. The van der Waals surface area contributed by atoms with Gasteiger partial charge in [-0.15, -0.1) is 0 Å². The topological polar surface area (TPSA) is 92.3 Å². The summed E-state index contributed by atoms with van der Waals surface area (Å²) >= 11 is 0. The summed E-state index contributed by atoms with van der Waals surface area (Å²) in [6, 6.07) is 7.10. The van der Waals surface area contributed by atoms with E-state index in [1.807, 2.05) is 0 Å². The molecular weight excluding hydrogens is 347 g/mol. The van der Waals surface area contributed by atoms with Crippen molar-refractivity contribution in [3.63, 3.8) is 0 Å². The van der Waals surface area contributed by atoms with Crippen LogP contribution in [-0.4, -0.2) is 48.9 Å². The molecule has 0 saturated carbocycles. The maximum Gasteiger partial charge on any atom is 0.274 e. The van der Waals surface area contributed by atoms with Gasteiger partial charge in [-0.25, -0.2) is 22.8 Å². The number of hydrogen-bond acceptors (Lipinski definition) is 6. The molecule has 3 rings (SSSR count). The molecule has 1 aromatic carbocycles. The summed E-state index contributed by atoms with van der Waals surface area (Å²) < 4.78 is 36.9. The predicted molar refractivity (Wildman–Crippen MR) is 91.8 cm³/mol. The van der Waals surface area contributed by atoms with Crippen LogP contribution >= 0.6 is 0 Å². The summed E-state index contributed by atoms with van der Waals surface area (Å²) in [4.78, 5) is 22.0. The van der Waals surface area contributed by atoms with E-state index >= 15 is 0 Å². The number of carbonyl (C=O) groups excluding carboxylic acids is 1. The minimum atomic E-state index is -3.03. The van der Waals surface area contributed by atoms with E-state index in [1.54, 1.807) is 18.0 Å². The lowest BCUT2D eigenvalue weighted by Crippen LogP contribution is -2.33. The Morgan fingerprint density at radius 2 is 2.08 bits per heavy atom. The number of nitrogens with zero attached hydrogens (tertiary/aromatic N) is 3. The van der Waals surface area contributed by atoms with Crippen LogP contribution in [0.2, 0.25) is 0 Å². The highest BCUT2D eigenvalue weighted by Crippen LogP contribution is 2.22. The maximum absolute atomic E-state index is 13.6. The van der Waals surface area contributed by atoms with Crippen LogP contribution in [0.1, 0.15) is 16.9 Å². The Kier molecular flexibility index (Phi) is 4.67. The fourth-order valence-electron chi connectivity index (χ4n) is 2.68. The van der Waals surface area contributed by atoms with E-state index in [4.69, 9.17) is 0 Å². The fourth-order valence-corrected chi connectivity index (χ4v) is 4.46. The van der Waals surface area contributed by atoms with Crippen LogP contribution in [0.15, 0.2) is 36.7 Å². The molecule has 1 saturated heterocycles. The molecule has 1 atom stereocenters. The zero-order chi connectivity index (χ0) is 18.0. The summed E-state index contributed by atoms with van der Waals surface area (Å²) in [5, 5.41) is 2.46. The van der Waals surface area contributed by atoms with Crippen LogP contribution in [0.25, 0.3) is 0 Å². The van der Waals surface area contributed by atoms with E-state index in [0.29, 0.717) is 12.2 Å². The summed E-state index contributed by atoms with van der Waals surface area (Å²) in [6.07, 6.45) is 1.74. The Hall–Kier alpha value is -2.55. The Morgan fingerprint density at radius 1 is 1.32 bits per heavy atom. The molecule has 1 unspecified atom stereocenters. The van der Waals surface area contributed by atoms with Gasteiger partial charge in [0, 0.05) is 19.2 Å². The van der Waals surface area contributed by atoms with Gasteiger partial charge in [-0.2, -0.15) is 0 Å². The van der Waals surface area contributed by atoms with Gasteiger partial charge in [0.25, 0.3) is 5.91 Å². The van der Waals surface area contributed by atoms with E-state index in [0.717, 1.165) is 0 Å². The molecule has 7 nitrogen and oxygen atoms in total. The Balaban J connectivity index is 1.77. The van der Waals surface area contributed by atoms with Crippen molar-refractivity contribution < 1.29 is 17.6 Å². The van der Waals surface area contributed by atoms with E-state index in [-0.39, 0.29) is 28.9 Å². The monoisotopic (exact) mass is 364 g/mol. The molecule has 9 heteroatoms. The van der Waals surface area contributed by atoms with Gasteiger partial charge in [-0.1, -0.05) is 12.1 Å². The van der Waals surface area contributed by atoms with Gasteiger partial charge in [0.1, 0.15) is 23.7 Å². The van der Waals surface area contributed by atoms with Crippen molar-refractivity contribution in [3.8, 4) is 0 Å². The van der Waals surface area contributed by atoms with Crippen molar-refractivity contribution in [1.82, 2.24) is 9.97 Å². The molecule has 2 heterocycles. The van der Waals surface area contributed by atoms with Gasteiger partial charge in [0.15, 0.2) is 9.84 Å². The van der Waals surface area contributed by atoms with Crippen molar-refractivity contribution in [2.24, 2.45) is 0 Å². The molecule has 1 aromatic heterocycles. The van der Waals surface area contributed by atoms with Crippen LogP contribution < -0.4 is 10.2 Å². The number of halogens is 1. The highest BCUT2D eigenvalue weighted by atomic mass is 32.2. The predicted octanol–water partition coefficient (Wildman–Crippen LogP) is 1.49. The van der Waals surface area contributed by atoms with Gasteiger partial charge < -0.3 is 10.2 Å². The van der Waals surface area contributed by atoms with Crippen molar-refractivity contribution in [2.75, 3.05) is 28.8 Å². The largest absolute Gasteiger partial charge is 0.356 e. The number of benzene rings is 1. The Labute approximate surface area is 144 Å². The van der Waals surface area contributed by atoms with Crippen LogP contribution in [-0.2, 0) is 9.84 Å². The quantitative estimate of drug-likeness (QED) is 0.884. The van der Waals surface area contributed by atoms with Gasteiger partial charge in [-0.3, -0.25) is 4.79 Å². The molecule has 1 aliphatic heterocycles. The molecule has 25 heavy (non-hydrogen) atoms. The average Bonchev–Trinajstić information content (AvgIpc) is 2.96. The van der Waals surface area contributed by atoms with Crippen molar-refractivity contribution >= 4 is 27.2 Å². The minimum Gasteiger partial charge on any atom is -0.356 e. The number of amides is 1. The normalized spacial score (nSPS) is 18.7. The molecular formula is C16H17FN4O3S. The lowest BCUT2D eigenvalue weighted by atomic mass is 10.2. The van der Waals surface area contributed by atoms with Crippen molar-refractivity contribution in [2.45, 2.75) is 12.5 Å². The third-order valence-corrected chi connectivity index (χ3v) is 5.88. The standard InChI is InChI=1S/C16H17FN4O3S/c1-21(11-6-7-25(23,24)9-11)15-8-14(18-10-19-15)16(22)20-13-5-3-2-4-12(13)17/h2-5,8,10-11H,6-7,9H2,1H3,(H,20,22). The average molecular weight is 364 g/mol. The number of rotatable bonds is 4. The fraction of sp³-hybridized carbons (Fsp3) is 0.312. The first-order chi connectivity index (χ1) is 11.9. The maximum atomic E-state index is 13.6. The number of aromatic nitrogens is 2. The van der Waals surface area contributed by atoms with Crippen molar-refractivity contribution in [3.05, 3.63) is 48.2 Å². The summed E-state index contributed by atoms with van der Waals surface area (Å²) in [5.74, 6) is -0.465. The molecule has 0 aliphatic carbocycles. The first-order valence-corrected chi connectivity index (χ1v) is 9.49. The van der Waals surface area contributed by atoms with E-state index < -0.39 is 21.6 Å². The summed E-state index contributed by atoms with van der Waals surface area (Å²) in [7, 11) is -1.30. The number of hydrogen-bond donors (Lipinski definition) is 1.